The molecule has 102 valence electrons. The predicted molar refractivity (Wildman–Crippen MR) is 63.8 cm³/mol. The third kappa shape index (κ3) is 2.09. The fourth-order valence-corrected chi connectivity index (χ4v) is 2.77. The second-order valence-corrected chi connectivity index (χ2v) is 5.25. The van der Waals surface area contributed by atoms with Gasteiger partial charge >= 0.3 is 0 Å². The summed E-state index contributed by atoms with van der Waals surface area (Å²) in [6, 6.07) is 1.06. The molecule has 0 spiro atoms. The van der Waals surface area contributed by atoms with Crippen LogP contribution in [0.4, 0.5) is 0 Å². The van der Waals surface area contributed by atoms with E-state index in [1.807, 2.05) is 6.07 Å². The predicted octanol–water partition coefficient (Wildman–Crippen LogP) is 1.31. The Morgan fingerprint density at radius 1 is 1.63 bits per heavy atom. The van der Waals surface area contributed by atoms with Gasteiger partial charge in [0.05, 0.1) is 6.04 Å². The maximum Gasteiger partial charge on any atom is 0.233 e. The van der Waals surface area contributed by atoms with Gasteiger partial charge in [-0.25, -0.2) is 0 Å². The first kappa shape index (κ1) is 12.1. The fourth-order valence-electron chi connectivity index (χ4n) is 2.77. The van der Waals surface area contributed by atoms with Crippen LogP contribution in [-0.4, -0.2) is 33.5 Å². The second kappa shape index (κ2) is 4.32. The average molecular weight is 265 g/mol. The number of carbonyl (C=O) groups is 1. The summed E-state index contributed by atoms with van der Waals surface area (Å²) in [5.74, 6) is 0.164. The van der Waals surface area contributed by atoms with Crippen molar-refractivity contribution >= 4 is 5.91 Å². The SMILES string of the molecule is Cc1cc([C@@H]2CCCN2C(=O)[C@H]2C[C@H]2[N+](=O)[O-])no1. The highest BCUT2D eigenvalue weighted by atomic mass is 16.6. The Morgan fingerprint density at radius 2 is 2.42 bits per heavy atom. The molecule has 0 N–H and O–H groups in total. The normalized spacial score (nSPS) is 29.5. The maximum atomic E-state index is 12.3. The minimum Gasteiger partial charge on any atom is -0.361 e. The number of likely N-dealkylation sites (tertiary alicyclic amines) is 1. The molecule has 1 amide bonds. The average Bonchev–Trinajstić information content (AvgIpc) is 2.82. The van der Waals surface area contributed by atoms with Crippen molar-refractivity contribution in [3.05, 3.63) is 27.6 Å². The molecule has 0 unspecified atom stereocenters. The Morgan fingerprint density at radius 3 is 3.00 bits per heavy atom. The molecule has 1 aliphatic heterocycles. The quantitative estimate of drug-likeness (QED) is 0.607. The van der Waals surface area contributed by atoms with E-state index in [-0.39, 0.29) is 16.9 Å². The number of carbonyl (C=O) groups excluding carboxylic acids is 1. The molecule has 2 aliphatic rings. The van der Waals surface area contributed by atoms with Crippen LogP contribution in [0.3, 0.4) is 0 Å². The summed E-state index contributed by atoms with van der Waals surface area (Å²) < 4.78 is 5.04. The highest BCUT2D eigenvalue weighted by molar-refractivity contribution is 5.82. The van der Waals surface area contributed by atoms with Crippen molar-refractivity contribution in [1.29, 1.82) is 0 Å². The van der Waals surface area contributed by atoms with Crippen LogP contribution in [0, 0.1) is 23.0 Å². The number of rotatable bonds is 3. The molecule has 19 heavy (non-hydrogen) atoms. The molecule has 3 rings (SSSR count). The van der Waals surface area contributed by atoms with Gasteiger partial charge in [0.2, 0.25) is 11.9 Å². The van der Waals surface area contributed by atoms with Crippen molar-refractivity contribution in [1.82, 2.24) is 10.1 Å². The molecule has 1 saturated heterocycles. The van der Waals surface area contributed by atoms with Gasteiger partial charge in [-0.2, -0.15) is 0 Å². The standard InChI is InChI=1S/C12H15N3O4/c1-7-5-9(13-19-7)10-3-2-4-14(10)12(16)8-6-11(8)15(17)18/h5,8,10-11H,2-4,6H2,1H3/t8-,10-,11+/m0/s1. The number of aryl methyl sites for hydroxylation is 1. The molecular formula is C12H15N3O4. The Balaban J connectivity index is 1.73. The largest absolute Gasteiger partial charge is 0.361 e. The zero-order chi connectivity index (χ0) is 13.6. The first-order valence-electron chi connectivity index (χ1n) is 6.45. The number of hydrogen-bond donors (Lipinski definition) is 0. The summed E-state index contributed by atoms with van der Waals surface area (Å²) in [5, 5.41) is 14.6. The van der Waals surface area contributed by atoms with Gasteiger partial charge in [-0.15, -0.1) is 0 Å². The first-order chi connectivity index (χ1) is 9.08. The van der Waals surface area contributed by atoms with E-state index in [2.05, 4.69) is 5.16 Å². The summed E-state index contributed by atoms with van der Waals surface area (Å²) in [6.07, 6.45) is 2.11. The van der Waals surface area contributed by atoms with Crippen molar-refractivity contribution in [2.24, 2.45) is 5.92 Å². The van der Waals surface area contributed by atoms with Crippen LogP contribution >= 0.6 is 0 Å². The van der Waals surface area contributed by atoms with E-state index in [1.165, 1.54) is 0 Å². The van der Waals surface area contributed by atoms with E-state index in [9.17, 15) is 14.9 Å². The first-order valence-corrected chi connectivity index (χ1v) is 6.45. The molecule has 2 heterocycles. The molecule has 7 heteroatoms. The lowest BCUT2D eigenvalue weighted by atomic mass is 10.1. The van der Waals surface area contributed by atoms with E-state index >= 15 is 0 Å². The molecule has 2 fully saturated rings. The third-order valence-electron chi connectivity index (χ3n) is 3.87. The lowest BCUT2D eigenvalue weighted by Crippen LogP contribution is -2.33. The molecule has 0 radical (unpaired) electrons. The molecule has 1 aromatic heterocycles. The monoisotopic (exact) mass is 265 g/mol. The topological polar surface area (TPSA) is 89.5 Å². The van der Waals surface area contributed by atoms with Crippen LogP contribution in [0.25, 0.3) is 0 Å². The van der Waals surface area contributed by atoms with Gasteiger partial charge in [0.25, 0.3) is 0 Å². The van der Waals surface area contributed by atoms with Crippen molar-refractivity contribution in [2.45, 2.75) is 38.3 Å². The summed E-state index contributed by atoms with van der Waals surface area (Å²) in [6.45, 7) is 2.46. The van der Waals surface area contributed by atoms with Gasteiger partial charge < -0.3 is 9.42 Å². The lowest BCUT2D eigenvalue weighted by Gasteiger charge is -2.22. The Labute approximate surface area is 109 Å². The molecule has 1 saturated carbocycles. The van der Waals surface area contributed by atoms with Crippen molar-refractivity contribution < 1.29 is 14.2 Å². The molecule has 1 aromatic rings. The lowest BCUT2D eigenvalue weighted by molar-refractivity contribution is -0.497. The van der Waals surface area contributed by atoms with E-state index in [0.717, 1.165) is 18.5 Å². The number of aromatic nitrogens is 1. The highest BCUT2D eigenvalue weighted by Gasteiger charge is 2.55. The van der Waals surface area contributed by atoms with E-state index in [1.54, 1.807) is 11.8 Å². The van der Waals surface area contributed by atoms with E-state index < -0.39 is 12.0 Å². The summed E-state index contributed by atoms with van der Waals surface area (Å²) in [5.41, 5.74) is 0.752. The molecular weight excluding hydrogens is 250 g/mol. The minimum atomic E-state index is -0.687. The Kier molecular flexibility index (Phi) is 2.76. The number of nitrogens with zero attached hydrogens (tertiary/aromatic N) is 3. The van der Waals surface area contributed by atoms with Crippen LogP contribution in [0.1, 0.15) is 36.8 Å². The zero-order valence-corrected chi connectivity index (χ0v) is 10.6. The van der Waals surface area contributed by atoms with Crippen LogP contribution in [0.2, 0.25) is 0 Å². The van der Waals surface area contributed by atoms with Crippen LogP contribution in [0.5, 0.6) is 0 Å². The molecule has 0 aromatic carbocycles. The molecule has 1 aliphatic carbocycles. The van der Waals surface area contributed by atoms with Crippen molar-refractivity contribution in [2.75, 3.05) is 6.54 Å². The number of nitro groups is 1. The third-order valence-corrected chi connectivity index (χ3v) is 3.87. The maximum absolute atomic E-state index is 12.3. The second-order valence-electron chi connectivity index (χ2n) is 5.25. The van der Waals surface area contributed by atoms with E-state index in [0.29, 0.717) is 18.7 Å². The smallest absolute Gasteiger partial charge is 0.233 e. The summed E-state index contributed by atoms with van der Waals surface area (Å²) in [7, 11) is 0. The molecule has 0 bridgehead atoms. The van der Waals surface area contributed by atoms with Gasteiger partial charge in [-0.3, -0.25) is 14.9 Å². The van der Waals surface area contributed by atoms with Gasteiger partial charge in [-0.05, 0) is 19.8 Å². The van der Waals surface area contributed by atoms with Gasteiger partial charge in [0.15, 0.2) is 0 Å². The summed E-state index contributed by atoms with van der Waals surface area (Å²) in [4.78, 5) is 24.3. The Bertz CT molecular complexity index is 527. The van der Waals surface area contributed by atoms with Gasteiger partial charge in [-0.1, -0.05) is 5.16 Å². The fraction of sp³-hybridized carbons (Fsp3) is 0.667. The van der Waals surface area contributed by atoms with Crippen molar-refractivity contribution in [3.63, 3.8) is 0 Å². The van der Waals surface area contributed by atoms with E-state index in [4.69, 9.17) is 4.52 Å². The summed E-state index contributed by atoms with van der Waals surface area (Å²) >= 11 is 0. The zero-order valence-electron chi connectivity index (χ0n) is 10.6. The molecule has 3 atom stereocenters. The van der Waals surface area contributed by atoms with Gasteiger partial charge in [0, 0.05) is 24.0 Å². The van der Waals surface area contributed by atoms with Crippen LogP contribution < -0.4 is 0 Å². The Hall–Kier alpha value is -1.92. The van der Waals surface area contributed by atoms with Crippen molar-refractivity contribution in [3.8, 4) is 0 Å². The van der Waals surface area contributed by atoms with Crippen LogP contribution in [0.15, 0.2) is 10.6 Å². The highest BCUT2D eigenvalue weighted by Crippen LogP contribution is 2.40. The number of amides is 1. The van der Waals surface area contributed by atoms with Crippen LogP contribution in [-0.2, 0) is 4.79 Å². The minimum absolute atomic E-state index is 0.0852. The molecule has 7 nitrogen and oxygen atoms in total. The van der Waals surface area contributed by atoms with Gasteiger partial charge in [0.1, 0.15) is 17.4 Å². The number of hydrogen-bond acceptors (Lipinski definition) is 5.